The molecule has 4 nitrogen and oxygen atoms in total. The van der Waals surface area contributed by atoms with Crippen LogP contribution in [-0.4, -0.2) is 50.2 Å². The van der Waals surface area contributed by atoms with Crippen molar-refractivity contribution in [3.05, 3.63) is 23.9 Å². The van der Waals surface area contributed by atoms with E-state index in [0.29, 0.717) is 0 Å². The normalized spacial score (nSPS) is 19.4. The molecule has 1 N–H and O–H groups in total. The van der Waals surface area contributed by atoms with Crippen molar-refractivity contribution in [2.75, 3.05) is 45.2 Å². The van der Waals surface area contributed by atoms with Crippen molar-refractivity contribution in [2.24, 2.45) is 5.92 Å². The molecule has 1 saturated heterocycles. The van der Waals surface area contributed by atoms with E-state index >= 15 is 0 Å². The molecule has 1 aliphatic heterocycles. The summed E-state index contributed by atoms with van der Waals surface area (Å²) in [6.07, 6.45) is 4.47. The van der Waals surface area contributed by atoms with Crippen LogP contribution < -0.4 is 10.2 Å². The minimum absolute atomic E-state index is 0.776. The van der Waals surface area contributed by atoms with Gasteiger partial charge < -0.3 is 15.1 Å². The van der Waals surface area contributed by atoms with E-state index in [0.717, 1.165) is 31.4 Å². The molecule has 0 amide bonds. The largest absolute Gasteiger partial charge is 0.359 e. The van der Waals surface area contributed by atoms with Gasteiger partial charge in [-0.25, -0.2) is 4.98 Å². The van der Waals surface area contributed by atoms with Crippen LogP contribution in [0.3, 0.4) is 0 Å². The molecule has 1 atom stereocenters. The molecule has 112 valence electrons. The van der Waals surface area contributed by atoms with Gasteiger partial charge in [0.15, 0.2) is 0 Å². The molecule has 0 spiro atoms. The molecule has 0 aromatic carbocycles. The van der Waals surface area contributed by atoms with E-state index in [1.165, 1.54) is 31.5 Å². The number of nitrogens with zero attached hydrogens (tertiary/aromatic N) is 3. The fourth-order valence-electron chi connectivity index (χ4n) is 2.81. The van der Waals surface area contributed by atoms with E-state index in [2.05, 4.69) is 53.3 Å². The zero-order valence-corrected chi connectivity index (χ0v) is 13.1. The lowest BCUT2D eigenvalue weighted by atomic mass is 10.1. The van der Waals surface area contributed by atoms with E-state index in [9.17, 15) is 0 Å². The molecular weight excluding hydrogens is 248 g/mol. The zero-order valence-electron chi connectivity index (χ0n) is 13.1. The summed E-state index contributed by atoms with van der Waals surface area (Å²) in [5.74, 6) is 1.86. The van der Waals surface area contributed by atoms with Crippen molar-refractivity contribution in [3.63, 3.8) is 0 Å². The van der Waals surface area contributed by atoms with E-state index in [1.54, 1.807) is 0 Å². The van der Waals surface area contributed by atoms with Crippen LogP contribution in [0, 0.1) is 5.92 Å². The van der Waals surface area contributed by atoms with Gasteiger partial charge in [-0.15, -0.1) is 0 Å². The van der Waals surface area contributed by atoms with Crippen LogP contribution in [0.5, 0.6) is 0 Å². The highest BCUT2D eigenvalue weighted by Gasteiger charge is 2.21. The fraction of sp³-hybridized carbons (Fsp3) is 0.688. The van der Waals surface area contributed by atoms with E-state index < -0.39 is 0 Å². The molecule has 0 radical (unpaired) electrons. The third-order valence-corrected chi connectivity index (χ3v) is 3.98. The maximum atomic E-state index is 4.59. The van der Waals surface area contributed by atoms with Gasteiger partial charge in [-0.05, 0) is 50.5 Å². The van der Waals surface area contributed by atoms with Crippen LogP contribution in [-0.2, 0) is 6.54 Å². The summed E-state index contributed by atoms with van der Waals surface area (Å²) in [4.78, 5) is 9.29. The molecule has 20 heavy (non-hydrogen) atoms. The van der Waals surface area contributed by atoms with Gasteiger partial charge in [-0.2, -0.15) is 0 Å². The van der Waals surface area contributed by atoms with Gasteiger partial charge in [0.2, 0.25) is 0 Å². The highest BCUT2D eigenvalue weighted by atomic mass is 15.2. The Hall–Kier alpha value is -1.13. The number of hydrogen-bond donors (Lipinski definition) is 1. The first-order valence-electron chi connectivity index (χ1n) is 7.74. The van der Waals surface area contributed by atoms with E-state index in [4.69, 9.17) is 0 Å². The van der Waals surface area contributed by atoms with Crippen LogP contribution in [0.15, 0.2) is 18.3 Å². The summed E-state index contributed by atoms with van der Waals surface area (Å²) in [5, 5.41) is 3.40. The number of rotatable bonds is 7. The molecule has 2 rings (SSSR count). The van der Waals surface area contributed by atoms with Crippen molar-refractivity contribution in [2.45, 2.75) is 26.3 Å². The Balaban J connectivity index is 1.82. The maximum Gasteiger partial charge on any atom is 0.128 e. The summed E-state index contributed by atoms with van der Waals surface area (Å²) in [6.45, 7) is 7.71. The third kappa shape index (κ3) is 4.46. The van der Waals surface area contributed by atoms with Crippen molar-refractivity contribution in [1.29, 1.82) is 0 Å². The Bertz CT molecular complexity index is 390. The van der Waals surface area contributed by atoms with Crippen molar-refractivity contribution >= 4 is 5.82 Å². The Morgan fingerprint density at radius 1 is 1.45 bits per heavy atom. The molecule has 1 aliphatic rings. The van der Waals surface area contributed by atoms with Crippen molar-refractivity contribution < 1.29 is 0 Å². The van der Waals surface area contributed by atoms with E-state index in [1.807, 2.05) is 6.20 Å². The molecule has 0 saturated carbocycles. The van der Waals surface area contributed by atoms with Gasteiger partial charge in [-0.3, -0.25) is 0 Å². The number of hydrogen-bond acceptors (Lipinski definition) is 4. The summed E-state index contributed by atoms with van der Waals surface area (Å²) in [5.41, 5.74) is 1.26. The lowest BCUT2D eigenvalue weighted by Gasteiger charge is -2.22. The van der Waals surface area contributed by atoms with Gasteiger partial charge in [-0.1, -0.05) is 13.0 Å². The molecule has 1 fully saturated rings. The molecule has 1 unspecified atom stereocenters. The minimum atomic E-state index is 0.776. The molecule has 4 heteroatoms. The molecular formula is C16H28N4. The lowest BCUT2D eigenvalue weighted by Crippen LogP contribution is -2.27. The van der Waals surface area contributed by atoms with Gasteiger partial charge in [0.25, 0.3) is 0 Å². The summed E-state index contributed by atoms with van der Waals surface area (Å²) in [6, 6.07) is 4.32. The second-order valence-corrected chi connectivity index (χ2v) is 6.00. The summed E-state index contributed by atoms with van der Waals surface area (Å²) in [7, 11) is 4.35. The molecule has 1 aromatic heterocycles. The number of pyridine rings is 1. The van der Waals surface area contributed by atoms with Crippen molar-refractivity contribution in [1.82, 2.24) is 15.2 Å². The van der Waals surface area contributed by atoms with Crippen LogP contribution in [0.25, 0.3) is 0 Å². The SMILES string of the molecule is CCCNCc1ccc(N(C)CC2CCN(C)C2)nc1. The van der Waals surface area contributed by atoms with Gasteiger partial charge in [0, 0.05) is 32.9 Å². The summed E-state index contributed by atoms with van der Waals surface area (Å²) < 4.78 is 0. The van der Waals surface area contributed by atoms with Gasteiger partial charge >= 0.3 is 0 Å². The number of aromatic nitrogens is 1. The highest BCUT2D eigenvalue weighted by molar-refractivity contribution is 5.38. The topological polar surface area (TPSA) is 31.4 Å². The molecule has 0 bridgehead atoms. The van der Waals surface area contributed by atoms with Crippen LogP contribution in [0.4, 0.5) is 5.82 Å². The molecule has 0 aliphatic carbocycles. The van der Waals surface area contributed by atoms with Crippen molar-refractivity contribution in [3.8, 4) is 0 Å². The number of anilines is 1. The quantitative estimate of drug-likeness (QED) is 0.772. The Kier molecular flexibility index (Phi) is 5.80. The zero-order chi connectivity index (χ0) is 14.4. The first-order chi connectivity index (χ1) is 9.69. The monoisotopic (exact) mass is 276 g/mol. The van der Waals surface area contributed by atoms with Gasteiger partial charge in [0.05, 0.1) is 0 Å². The smallest absolute Gasteiger partial charge is 0.128 e. The maximum absolute atomic E-state index is 4.59. The number of likely N-dealkylation sites (tertiary alicyclic amines) is 1. The Morgan fingerprint density at radius 2 is 2.30 bits per heavy atom. The molecule has 2 heterocycles. The molecule has 1 aromatic rings. The van der Waals surface area contributed by atoms with Crippen LogP contribution >= 0.6 is 0 Å². The average molecular weight is 276 g/mol. The van der Waals surface area contributed by atoms with Crippen LogP contribution in [0.1, 0.15) is 25.3 Å². The minimum Gasteiger partial charge on any atom is -0.359 e. The fourth-order valence-corrected chi connectivity index (χ4v) is 2.81. The predicted molar refractivity (Wildman–Crippen MR) is 85.1 cm³/mol. The highest BCUT2D eigenvalue weighted by Crippen LogP contribution is 2.18. The van der Waals surface area contributed by atoms with E-state index in [-0.39, 0.29) is 0 Å². The first-order valence-corrected chi connectivity index (χ1v) is 7.74. The Morgan fingerprint density at radius 3 is 2.90 bits per heavy atom. The summed E-state index contributed by atoms with van der Waals surface area (Å²) >= 11 is 0. The predicted octanol–water partition coefficient (Wildman–Crippen LogP) is 1.97. The standard InChI is InChI=1S/C16H28N4/c1-4-8-17-10-14-5-6-16(18-11-14)20(3)13-15-7-9-19(2)12-15/h5-6,11,15,17H,4,7-10,12-13H2,1-3H3. The van der Waals surface area contributed by atoms with Gasteiger partial charge in [0.1, 0.15) is 5.82 Å². The third-order valence-electron chi connectivity index (χ3n) is 3.98. The average Bonchev–Trinajstić information content (AvgIpc) is 2.85. The Labute approximate surface area is 123 Å². The number of nitrogens with one attached hydrogen (secondary N) is 1. The second kappa shape index (κ2) is 7.60. The lowest BCUT2D eigenvalue weighted by molar-refractivity contribution is 0.395. The first kappa shape index (κ1) is 15.3. The second-order valence-electron chi connectivity index (χ2n) is 6.00. The van der Waals surface area contributed by atoms with Crippen LogP contribution in [0.2, 0.25) is 0 Å².